The van der Waals surface area contributed by atoms with Gasteiger partial charge in [0.25, 0.3) is 0 Å². The first kappa shape index (κ1) is 59.7. The van der Waals surface area contributed by atoms with Crippen molar-refractivity contribution in [2.24, 2.45) is 0 Å². The number of hydrogen-bond acceptors (Lipinski definition) is 8. The standard InChI is InChI=1S/C52H101N5O7/c1-3-5-7-9-11-13-15-17-19-21-23-25-27-29-31-33-35-57(36-34-32-30-28-26-24-22-20-18-16-14-12-10-8-6-4-2)49(58)45-53-37-39-54(46-50(59)60)41-43-56(48-52(63)64)44-42-55(40-38-53)47-51(61)62/h3-48H2,1-2H3,(H,59,60)(H,61,62)(H,63,64). The molecular formula is C52H101N5O7. The number of carboxylic acid groups (broad SMARTS) is 3. The van der Waals surface area contributed by atoms with E-state index in [9.17, 15) is 34.5 Å². The minimum absolute atomic E-state index is 0.0937. The monoisotopic (exact) mass is 908 g/mol. The SMILES string of the molecule is CCCCCCCCCCCCCCCCCCN(CCCCCCCCCCCCCCCCCC)C(=O)CN1CCN(CC(=O)O)CCN(CC(=O)O)CCN(CC(=O)O)CC1. The fourth-order valence-electron chi connectivity index (χ4n) is 9.14. The third-order valence-corrected chi connectivity index (χ3v) is 13.3. The average molecular weight is 908 g/mol. The first-order valence-electron chi connectivity index (χ1n) is 27.0. The van der Waals surface area contributed by atoms with Gasteiger partial charge in [0.1, 0.15) is 0 Å². The van der Waals surface area contributed by atoms with Gasteiger partial charge in [-0.2, -0.15) is 0 Å². The lowest BCUT2D eigenvalue weighted by molar-refractivity contribution is -0.140. The highest BCUT2D eigenvalue weighted by Gasteiger charge is 2.23. The van der Waals surface area contributed by atoms with Crippen molar-refractivity contribution in [3.8, 4) is 0 Å². The van der Waals surface area contributed by atoms with Gasteiger partial charge in [0.2, 0.25) is 5.91 Å². The molecule has 0 spiro atoms. The maximum Gasteiger partial charge on any atom is 0.317 e. The van der Waals surface area contributed by atoms with Crippen molar-refractivity contribution in [1.29, 1.82) is 0 Å². The van der Waals surface area contributed by atoms with Crippen molar-refractivity contribution < 1.29 is 34.5 Å². The molecule has 1 aliphatic heterocycles. The van der Waals surface area contributed by atoms with Crippen molar-refractivity contribution in [2.45, 2.75) is 219 Å². The molecule has 64 heavy (non-hydrogen) atoms. The molecule has 1 amide bonds. The second kappa shape index (κ2) is 43.3. The number of carbonyl (C=O) groups excluding carboxylic acids is 1. The van der Waals surface area contributed by atoms with E-state index in [0.717, 1.165) is 38.8 Å². The summed E-state index contributed by atoms with van der Waals surface area (Å²) >= 11 is 0. The summed E-state index contributed by atoms with van der Waals surface area (Å²) in [4.78, 5) is 58.8. The van der Waals surface area contributed by atoms with E-state index in [1.54, 1.807) is 4.90 Å². The largest absolute Gasteiger partial charge is 0.480 e. The van der Waals surface area contributed by atoms with Crippen LogP contribution in [-0.4, -0.2) is 155 Å². The summed E-state index contributed by atoms with van der Waals surface area (Å²) in [6.45, 7) is 8.92. The number of hydrogen-bond donors (Lipinski definition) is 3. The molecule has 12 nitrogen and oxygen atoms in total. The van der Waals surface area contributed by atoms with Crippen molar-refractivity contribution in [3.63, 3.8) is 0 Å². The van der Waals surface area contributed by atoms with E-state index in [-0.39, 0.29) is 32.1 Å². The average Bonchev–Trinajstić information content (AvgIpc) is 3.25. The Morgan fingerprint density at radius 2 is 0.500 bits per heavy atom. The summed E-state index contributed by atoms with van der Waals surface area (Å²) in [5, 5.41) is 28.8. The third-order valence-electron chi connectivity index (χ3n) is 13.3. The van der Waals surface area contributed by atoms with Gasteiger partial charge in [0.15, 0.2) is 0 Å². The number of aliphatic carboxylic acids is 3. The summed E-state index contributed by atoms with van der Waals surface area (Å²) < 4.78 is 0. The first-order chi connectivity index (χ1) is 31.1. The second-order valence-electron chi connectivity index (χ2n) is 19.3. The molecule has 0 aliphatic carbocycles. The van der Waals surface area contributed by atoms with Crippen LogP contribution in [0.4, 0.5) is 0 Å². The van der Waals surface area contributed by atoms with Gasteiger partial charge in [-0.15, -0.1) is 0 Å². The van der Waals surface area contributed by atoms with Gasteiger partial charge in [-0.25, -0.2) is 0 Å². The van der Waals surface area contributed by atoms with Crippen LogP contribution in [0.25, 0.3) is 0 Å². The predicted octanol–water partition coefficient (Wildman–Crippen LogP) is 10.8. The molecule has 0 bridgehead atoms. The summed E-state index contributed by atoms with van der Waals surface area (Å²) in [7, 11) is 0. The molecule has 12 heteroatoms. The van der Waals surface area contributed by atoms with Crippen LogP contribution >= 0.6 is 0 Å². The molecule has 0 aromatic rings. The Kier molecular flexibility index (Phi) is 40.4. The van der Waals surface area contributed by atoms with Crippen LogP contribution in [0.1, 0.15) is 219 Å². The van der Waals surface area contributed by atoms with Gasteiger partial charge in [0.05, 0.1) is 26.2 Å². The molecule has 0 saturated carbocycles. The quantitative estimate of drug-likeness (QED) is 0.0503. The zero-order valence-corrected chi connectivity index (χ0v) is 41.7. The van der Waals surface area contributed by atoms with Crippen LogP contribution in [0.15, 0.2) is 0 Å². The predicted molar refractivity (Wildman–Crippen MR) is 264 cm³/mol. The molecule has 0 aromatic heterocycles. The smallest absolute Gasteiger partial charge is 0.317 e. The van der Waals surface area contributed by atoms with Gasteiger partial charge < -0.3 is 20.2 Å². The number of carboxylic acids is 3. The zero-order valence-electron chi connectivity index (χ0n) is 41.7. The zero-order chi connectivity index (χ0) is 46.7. The minimum Gasteiger partial charge on any atom is -0.480 e. The maximum absolute atomic E-state index is 14.1. The van der Waals surface area contributed by atoms with E-state index < -0.39 is 17.9 Å². The van der Waals surface area contributed by atoms with E-state index in [2.05, 4.69) is 23.6 Å². The Hall–Kier alpha value is -2.28. The van der Waals surface area contributed by atoms with Crippen LogP contribution in [0.5, 0.6) is 0 Å². The lowest BCUT2D eigenvalue weighted by atomic mass is 10.0. The van der Waals surface area contributed by atoms with Crippen molar-refractivity contribution in [2.75, 3.05) is 91.6 Å². The van der Waals surface area contributed by atoms with E-state index in [0.29, 0.717) is 52.4 Å². The van der Waals surface area contributed by atoms with Gasteiger partial charge in [-0.3, -0.25) is 38.8 Å². The van der Waals surface area contributed by atoms with Crippen molar-refractivity contribution >= 4 is 23.8 Å². The summed E-state index contributed by atoms with van der Waals surface area (Å²) in [5.41, 5.74) is 0. The number of rotatable bonds is 42. The Morgan fingerprint density at radius 3 is 0.703 bits per heavy atom. The molecule has 1 heterocycles. The Balaban J connectivity index is 2.69. The van der Waals surface area contributed by atoms with Gasteiger partial charge in [-0.1, -0.05) is 206 Å². The molecule has 0 unspecified atom stereocenters. The molecule has 1 fully saturated rings. The van der Waals surface area contributed by atoms with E-state index >= 15 is 0 Å². The van der Waals surface area contributed by atoms with Crippen LogP contribution in [-0.2, 0) is 19.2 Å². The van der Waals surface area contributed by atoms with Crippen LogP contribution in [0.3, 0.4) is 0 Å². The van der Waals surface area contributed by atoms with Gasteiger partial charge >= 0.3 is 17.9 Å². The fourth-order valence-corrected chi connectivity index (χ4v) is 9.14. The highest BCUT2D eigenvalue weighted by atomic mass is 16.4. The van der Waals surface area contributed by atoms with Gasteiger partial charge in [-0.05, 0) is 12.8 Å². The number of carbonyl (C=O) groups is 4. The normalized spacial score (nSPS) is 15.2. The molecule has 376 valence electrons. The van der Waals surface area contributed by atoms with E-state index in [1.165, 1.54) is 180 Å². The fraction of sp³-hybridized carbons (Fsp3) is 0.923. The summed E-state index contributed by atoms with van der Waals surface area (Å²) in [6, 6.07) is 0. The molecular weight excluding hydrogens is 807 g/mol. The van der Waals surface area contributed by atoms with E-state index in [4.69, 9.17) is 0 Å². The lowest BCUT2D eigenvalue weighted by Gasteiger charge is -2.33. The van der Waals surface area contributed by atoms with Crippen LogP contribution < -0.4 is 0 Å². The van der Waals surface area contributed by atoms with Crippen molar-refractivity contribution in [3.05, 3.63) is 0 Å². The Bertz CT molecular complexity index is 1060. The molecule has 0 aromatic carbocycles. The lowest BCUT2D eigenvalue weighted by Crippen LogP contribution is -2.50. The molecule has 1 aliphatic rings. The highest BCUT2D eigenvalue weighted by molar-refractivity contribution is 5.78. The molecule has 1 rings (SSSR count). The molecule has 0 atom stereocenters. The number of amides is 1. The third kappa shape index (κ3) is 37.9. The molecule has 0 radical (unpaired) electrons. The summed E-state index contributed by atoms with van der Waals surface area (Å²) in [5.74, 6) is -2.78. The minimum atomic E-state index is -0.977. The summed E-state index contributed by atoms with van der Waals surface area (Å²) in [6.07, 6.45) is 41.9. The molecule has 3 N–H and O–H groups in total. The first-order valence-corrected chi connectivity index (χ1v) is 27.0. The Labute approximate surface area is 392 Å². The Morgan fingerprint density at radius 1 is 0.312 bits per heavy atom. The second-order valence-corrected chi connectivity index (χ2v) is 19.3. The number of unbranched alkanes of at least 4 members (excludes halogenated alkanes) is 30. The van der Waals surface area contributed by atoms with Crippen LogP contribution in [0.2, 0.25) is 0 Å². The number of nitrogens with zero attached hydrogens (tertiary/aromatic N) is 5. The van der Waals surface area contributed by atoms with Crippen molar-refractivity contribution in [1.82, 2.24) is 24.5 Å². The molecule has 1 saturated heterocycles. The van der Waals surface area contributed by atoms with Crippen LogP contribution in [0, 0.1) is 0 Å². The van der Waals surface area contributed by atoms with Gasteiger partial charge in [0, 0.05) is 65.4 Å². The van der Waals surface area contributed by atoms with E-state index in [1.807, 2.05) is 9.80 Å². The maximum atomic E-state index is 14.1. The topological polar surface area (TPSA) is 145 Å². The highest BCUT2D eigenvalue weighted by Crippen LogP contribution is 2.16.